The van der Waals surface area contributed by atoms with Gasteiger partial charge in [-0.05, 0) is 53.3 Å². The smallest absolute Gasteiger partial charge is 0.308 e. The lowest BCUT2D eigenvalue weighted by atomic mass is 9.93. The summed E-state index contributed by atoms with van der Waals surface area (Å²) in [5.74, 6) is 0.571. The highest BCUT2D eigenvalue weighted by atomic mass is 32.2. The molecule has 8 heteroatoms. The molecule has 2 amide bonds. The van der Waals surface area contributed by atoms with Crippen LogP contribution in [-0.2, 0) is 0 Å². The average Bonchev–Trinajstić information content (AvgIpc) is 2.75. The lowest BCUT2D eigenvalue weighted by Gasteiger charge is -2.20. The van der Waals surface area contributed by atoms with Crippen LogP contribution in [0.1, 0.15) is 50.7 Å². The topological polar surface area (TPSA) is 97.2 Å². The van der Waals surface area contributed by atoms with Gasteiger partial charge in [0.1, 0.15) is 11.2 Å². The minimum atomic E-state index is -0.476. The van der Waals surface area contributed by atoms with E-state index in [1.807, 2.05) is 42.5 Å². The summed E-state index contributed by atoms with van der Waals surface area (Å²) >= 11 is 1.39. The van der Waals surface area contributed by atoms with Crippen molar-refractivity contribution >= 4 is 34.9 Å². The van der Waals surface area contributed by atoms with Gasteiger partial charge in [0.2, 0.25) is 0 Å². The number of rotatable bonds is 7. The molecule has 0 saturated carbocycles. The van der Waals surface area contributed by atoms with E-state index in [0.717, 1.165) is 21.7 Å². The largest absolute Gasteiger partial charge is 0.323 e. The zero-order chi connectivity index (χ0) is 23.3. The molecule has 0 atom stereocenters. The fourth-order valence-electron chi connectivity index (χ4n) is 3.24. The molecule has 0 aliphatic rings. The number of para-hydroxylation sites is 1. The van der Waals surface area contributed by atoms with Crippen LogP contribution in [0.2, 0.25) is 0 Å². The fraction of sp³-hybridized carbons (Fsp3) is 0.250. The molecule has 0 bridgehead atoms. The standard InChI is InChI=1S/C24H26N4O3S/c1-15(2)20-6-5-7-21(16(3)4)23(20)27-24(29)26-17-8-11-19(12-9-17)32-22-13-10-18(14-25-22)28(30)31/h5-16H,1-4H3,(H2,26,27,29). The van der Waals surface area contributed by atoms with Crippen molar-refractivity contribution in [2.75, 3.05) is 10.6 Å². The SMILES string of the molecule is CC(C)c1cccc(C(C)C)c1NC(=O)Nc1ccc(Sc2ccc([N+](=O)[O-])cn2)cc1. The highest BCUT2D eigenvalue weighted by Crippen LogP contribution is 2.33. The Balaban J connectivity index is 1.67. The summed E-state index contributed by atoms with van der Waals surface area (Å²) in [5.41, 5.74) is 3.70. The number of carbonyl (C=O) groups is 1. The minimum Gasteiger partial charge on any atom is -0.308 e. The first kappa shape index (κ1) is 23.3. The summed E-state index contributed by atoms with van der Waals surface area (Å²) in [6.07, 6.45) is 1.24. The molecule has 32 heavy (non-hydrogen) atoms. The van der Waals surface area contributed by atoms with Crippen molar-refractivity contribution < 1.29 is 9.72 Å². The number of hydrogen-bond donors (Lipinski definition) is 2. The van der Waals surface area contributed by atoms with E-state index in [0.29, 0.717) is 10.7 Å². The number of amides is 2. The molecule has 0 unspecified atom stereocenters. The molecule has 2 N–H and O–H groups in total. The predicted molar refractivity (Wildman–Crippen MR) is 129 cm³/mol. The van der Waals surface area contributed by atoms with Gasteiger partial charge in [0.05, 0.1) is 4.92 Å². The van der Waals surface area contributed by atoms with Crippen LogP contribution >= 0.6 is 11.8 Å². The number of nitrogens with zero attached hydrogens (tertiary/aromatic N) is 2. The quantitative estimate of drug-likeness (QED) is 0.297. The third-order valence-corrected chi connectivity index (χ3v) is 5.84. The molecule has 166 valence electrons. The van der Waals surface area contributed by atoms with Crippen LogP contribution in [0, 0.1) is 10.1 Å². The van der Waals surface area contributed by atoms with E-state index in [9.17, 15) is 14.9 Å². The van der Waals surface area contributed by atoms with E-state index in [1.54, 1.807) is 6.07 Å². The van der Waals surface area contributed by atoms with Crippen molar-refractivity contribution in [2.45, 2.75) is 49.5 Å². The van der Waals surface area contributed by atoms with Crippen LogP contribution in [-0.4, -0.2) is 15.9 Å². The first-order valence-corrected chi connectivity index (χ1v) is 11.2. The third kappa shape index (κ3) is 5.85. The maximum absolute atomic E-state index is 12.7. The lowest BCUT2D eigenvalue weighted by Crippen LogP contribution is -2.21. The number of aromatic nitrogens is 1. The Morgan fingerprint density at radius 3 is 2.06 bits per heavy atom. The number of hydrogen-bond acceptors (Lipinski definition) is 5. The number of carbonyl (C=O) groups excluding carboxylic acids is 1. The zero-order valence-electron chi connectivity index (χ0n) is 18.5. The lowest BCUT2D eigenvalue weighted by molar-refractivity contribution is -0.385. The van der Waals surface area contributed by atoms with Gasteiger partial charge in [-0.15, -0.1) is 0 Å². The van der Waals surface area contributed by atoms with E-state index < -0.39 is 4.92 Å². The predicted octanol–water partition coefficient (Wildman–Crippen LogP) is 7.03. The average molecular weight is 451 g/mol. The Hall–Kier alpha value is -3.39. The summed E-state index contributed by atoms with van der Waals surface area (Å²) in [7, 11) is 0. The molecule has 2 aromatic carbocycles. The number of anilines is 2. The van der Waals surface area contributed by atoms with E-state index in [-0.39, 0.29) is 23.6 Å². The maximum atomic E-state index is 12.7. The normalized spacial score (nSPS) is 10.9. The first-order valence-electron chi connectivity index (χ1n) is 10.3. The Kier molecular flexibility index (Phi) is 7.48. The number of benzene rings is 2. The van der Waals surface area contributed by atoms with E-state index in [1.165, 1.54) is 24.0 Å². The number of pyridine rings is 1. The first-order chi connectivity index (χ1) is 15.2. The van der Waals surface area contributed by atoms with Gasteiger partial charge in [0.15, 0.2) is 0 Å². The Bertz CT molecular complexity index is 1070. The monoisotopic (exact) mass is 450 g/mol. The van der Waals surface area contributed by atoms with Gasteiger partial charge in [-0.1, -0.05) is 57.7 Å². The summed E-state index contributed by atoms with van der Waals surface area (Å²) in [6, 6.07) is 16.2. The van der Waals surface area contributed by atoms with E-state index >= 15 is 0 Å². The van der Waals surface area contributed by atoms with Crippen LogP contribution in [0.3, 0.4) is 0 Å². The zero-order valence-corrected chi connectivity index (χ0v) is 19.3. The van der Waals surface area contributed by atoms with Crippen LogP contribution < -0.4 is 10.6 Å². The van der Waals surface area contributed by atoms with Gasteiger partial charge in [-0.25, -0.2) is 9.78 Å². The van der Waals surface area contributed by atoms with Gasteiger partial charge in [0.25, 0.3) is 5.69 Å². The summed E-state index contributed by atoms with van der Waals surface area (Å²) in [5, 5.41) is 17.3. The number of nitro groups is 1. The van der Waals surface area contributed by atoms with Crippen molar-refractivity contribution in [1.29, 1.82) is 0 Å². The van der Waals surface area contributed by atoms with Gasteiger partial charge in [-0.3, -0.25) is 10.1 Å². The van der Waals surface area contributed by atoms with Gasteiger partial charge in [-0.2, -0.15) is 0 Å². The van der Waals surface area contributed by atoms with Crippen LogP contribution in [0.25, 0.3) is 0 Å². The molecule has 0 radical (unpaired) electrons. The number of nitrogens with one attached hydrogen (secondary N) is 2. The molecule has 0 aliphatic heterocycles. The van der Waals surface area contributed by atoms with Crippen molar-refractivity contribution in [3.63, 3.8) is 0 Å². The molecule has 3 rings (SSSR count). The summed E-state index contributed by atoms with van der Waals surface area (Å²) in [6.45, 7) is 8.44. The molecule has 1 heterocycles. The van der Waals surface area contributed by atoms with Crippen LogP contribution in [0.5, 0.6) is 0 Å². The molecule has 0 spiro atoms. The number of urea groups is 1. The second kappa shape index (κ2) is 10.3. The maximum Gasteiger partial charge on any atom is 0.323 e. The Morgan fingerprint density at radius 2 is 1.56 bits per heavy atom. The molecular formula is C24H26N4O3S. The van der Waals surface area contributed by atoms with Crippen LogP contribution in [0.4, 0.5) is 21.9 Å². The summed E-state index contributed by atoms with van der Waals surface area (Å²) in [4.78, 5) is 28.0. The molecule has 0 aliphatic carbocycles. The Morgan fingerprint density at radius 1 is 0.938 bits per heavy atom. The fourth-order valence-corrected chi connectivity index (χ4v) is 3.99. The van der Waals surface area contributed by atoms with Gasteiger partial charge >= 0.3 is 6.03 Å². The van der Waals surface area contributed by atoms with E-state index in [4.69, 9.17) is 0 Å². The molecule has 0 fully saturated rings. The van der Waals surface area contributed by atoms with E-state index in [2.05, 4.69) is 43.3 Å². The highest BCUT2D eigenvalue weighted by Gasteiger charge is 2.16. The molecule has 0 saturated heterocycles. The van der Waals surface area contributed by atoms with Gasteiger partial charge in [0, 0.05) is 22.3 Å². The Labute approximate surface area is 191 Å². The van der Waals surface area contributed by atoms with Crippen molar-refractivity contribution in [1.82, 2.24) is 4.98 Å². The minimum absolute atomic E-state index is 0.0421. The van der Waals surface area contributed by atoms with Crippen molar-refractivity contribution in [3.8, 4) is 0 Å². The summed E-state index contributed by atoms with van der Waals surface area (Å²) < 4.78 is 0. The molecular weight excluding hydrogens is 424 g/mol. The van der Waals surface area contributed by atoms with Crippen molar-refractivity contribution in [2.24, 2.45) is 0 Å². The molecule has 3 aromatic rings. The molecule has 1 aromatic heterocycles. The molecule has 7 nitrogen and oxygen atoms in total. The second-order valence-corrected chi connectivity index (χ2v) is 9.03. The second-order valence-electron chi connectivity index (χ2n) is 7.94. The van der Waals surface area contributed by atoms with Crippen molar-refractivity contribution in [3.05, 3.63) is 82.0 Å². The van der Waals surface area contributed by atoms with Crippen LogP contribution in [0.15, 0.2) is 70.7 Å². The third-order valence-electron chi connectivity index (χ3n) is 4.88. The highest BCUT2D eigenvalue weighted by molar-refractivity contribution is 7.99. The van der Waals surface area contributed by atoms with Gasteiger partial charge < -0.3 is 10.6 Å².